The van der Waals surface area contributed by atoms with Crippen LogP contribution in [0.5, 0.6) is 5.75 Å². The Morgan fingerprint density at radius 1 is 1.00 bits per heavy atom. The number of ether oxygens (including phenoxy) is 1. The molecule has 0 saturated heterocycles. The maximum Gasteiger partial charge on any atom is 0.230 e. The van der Waals surface area contributed by atoms with Gasteiger partial charge in [-0.15, -0.1) is 0 Å². The second-order valence-electron chi connectivity index (χ2n) is 6.56. The molecule has 3 aromatic carbocycles. The van der Waals surface area contributed by atoms with E-state index in [4.69, 9.17) is 9.15 Å². The second-order valence-corrected chi connectivity index (χ2v) is 6.56. The van der Waals surface area contributed by atoms with Crippen LogP contribution in [0.1, 0.15) is 0 Å². The summed E-state index contributed by atoms with van der Waals surface area (Å²) in [6.07, 6.45) is 0. The molecule has 2 heterocycles. The van der Waals surface area contributed by atoms with E-state index in [2.05, 4.69) is 15.0 Å². The Bertz CT molecular complexity index is 1370. The number of H-pyrrole nitrogens is 1. The Hall–Kier alpha value is -3.93. The van der Waals surface area contributed by atoms with Gasteiger partial charge in [-0.05, 0) is 54.6 Å². The number of hydrogen-bond acceptors (Lipinski definition) is 4. The summed E-state index contributed by atoms with van der Waals surface area (Å²) >= 11 is 0. The van der Waals surface area contributed by atoms with Crippen molar-refractivity contribution in [1.29, 1.82) is 0 Å². The Kier molecular flexibility index (Phi) is 4.09. The first kappa shape index (κ1) is 17.2. The first-order valence-corrected chi connectivity index (χ1v) is 9.07. The van der Waals surface area contributed by atoms with Crippen LogP contribution in [0.25, 0.3) is 33.4 Å². The minimum Gasteiger partial charge on any atom is -0.497 e. The highest BCUT2D eigenvalue weighted by atomic mass is 19.1. The molecule has 142 valence electrons. The monoisotopic (exact) mass is 385 g/mol. The van der Waals surface area contributed by atoms with Crippen LogP contribution in [0.2, 0.25) is 0 Å². The quantitative estimate of drug-likeness (QED) is 0.455. The van der Waals surface area contributed by atoms with Crippen molar-refractivity contribution in [3.05, 3.63) is 84.2 Å². The standard InChI is InChI=1S/C23H16FN3O2/c1-28-17-11-6-14-12-18(22-26-19-4-2-3-5-20(19)27-22)23(29-21(14)13-17)25-16-9-7-15(24)8-10-16/h2-13H,1H3,(H,26,27). The van der Waals surface area contributed by atoms with Crippen LogP contribution >= 0.6 is 0 Å². The van der Waals surface area contributed by atoms with E-state index in [1.807, 2.05) is 42.5 Å². The predicted molar refractivity (Wildman–Crippen MR) is 109 cm³/mol. The Morgan fingerprint density at radius 2 is 1.83 bits per heavy atom. The van der Waals surface area contributed by atoms with Crippen molar-refractivity contribution in [2.24, 2.45) is 4.99 Å². The number of methoxy groups -OCH3 is 1. The summed E-state index contributed by atoms with van der Waals surface area (Å²) in [5.74, 6) is 1.01. The molecule has 0 radical (unpaired) electrons. The molecule has 0 spiro atoms. The predicted octanol–water partition coefficient (Wildman–Crippen LogP) is 5.36. The van der Waals surface area contributed by atoms with Crippen LogP contribution in [-0.4, -0.2) is 17.1 Å². The van der Waals surface area contributed by atoms with Crippen molar-refractivity contribution in [3.8, 4) is 17.1 Å². The van der Waals surface area contributed by atoms with Crippen LogP contribution in [0.3, 0.4) is 0 Å². The maximum absolute atomic E-state index is 13.3. The van der Waals surface area contributed by atoms with Gasteiger partial charge in [-0.1, -0.05) is 12.1 Å². The maximum atomic E-state index is 13.3. The van der Waals surface area contributed by atoms with Crippen LogP contribution in [0, 0.1) is 5.82 Å². The van der Waals surface area contributed by atoms with Gasteiger partial charge in [0.05, 0.1) is 29.4 Å². The number of para-hydroxylation sites is 2. The number of nitrogens with one attached hydrogen (secondary N) is 1. The molecule has 0 aliphatic heterocycles. The van der Waals surface area contributed by atoms with E-state index >= 15 is 0 Å². The lowest BCUT2D eigenvalue weighted by Gasteiger charge is -2.05. The topological polar surface area (TPSA) is 63.4 Å². The van der Waals surface area contributed by atoms with Crippen molar-refractivity contribution in [2.75, 3.05) is 7.11 Å². The molecule has 0 aliphatic rings. The summed E-state index contributed by atoms with van der Waals surface area (Å²) in [6, 6.07) is 21.3. The summed E-state index contributed by atoms with van der Waals surface area (Å²) in [5.41, 5.74) is 4.06. The third kappa shape index (κ3) is 3.25. The molecule has 1 N–H and O–H groups in total. The Morgan fingerprint density at radius 3 is 2.62 bits per heavy atom. The van der Waals surface area contributed by atoms with Gasteiger partial charge in [-0.3, -0.25) is 0 Å². The van der Waals surface area contributed by atoms with E-state index in [0.29, 0.717) is 34.0 Å². The molecule has 0 fully saturated rings. The first-order valence-electron chi connectivity index (χ1n) is 9.07. The first-order chi connectivity index (χ1) is 14.2. The van der Waals surface area contributed by atoms with Gasteiger partial charge in [-0.2, -0.15) is 0 Å². The SMILES string of the molecule is COc1ccc2cc(-c3nc4ccccc4[nH]3)c(=Nc3ccc(F)cc3)oc2c1. The largest absolute Gasteiger partial charge is 0.497 e. The number of halogens is 1. The zero-order chi connectivity index (χ0) is 19.8. The normalized spacial score (nSPS) is 12.0. The van der Waals surface area contributed by atoms with Gasteiger partial charge in [0.1, 0.15) is 23.0 Å². The molecule has 5 nitrogen and oxygen atoms in total. The van der Waals surface area contributed by atoms with E-state index < -0.39 is 0 Å². The van der Waals surface area contributed by atoms with Crippen molar-refractivity contribution in [2.45, 2.75) is 0 Å². The summed E-state index contributed by atoms with van der Waals surface area (Å²) in [7, 11) is 1.60. The van der Waals surface area contributed by atoms with Crippen LogP contribution < -0.4 is 10.3 Å². The summed E-state index contributed by atoms with van der Waals surface area (Å²) < 4.78 is 24.7. The van der Waals surface area contributed by atoms with E-state index in [1.165, 1.54) is 12.1 Å². The molecule has 29 heavy (non-hydrogen) atoms. The van der Waals surface area contributed by atoms with Crippen molar-refractivity contribution in [3.63, 3.8) is 0 Å². The average Bonchev–Trinajstić information content (AvgIpc) is 3.18. The third-order valence-electron chi connectivity index (χ3n) is 4.66. The van der Waals surface area contributed by atoms with E-state index in [0.717, 1.165) is 16.4 Å². The van der Waals surface area contributed by atoms with Gasteiger partial charge < -0.3 is 14.1 Å². The van der Waals surface area contributed by atoms with Gasteiger partial charge in [0, 0.05) is 11.5 Å². The molecule has 5 aromatic rings. The number of hydrogen-bond donors (Lipinski definition) is 1. The van der Waals surface area contributed by atoms with E-state index in [-0.39, 0.29) is 5.82 Å². The highest BCUT2D eigenvalue weighted by Crippen LogP contribution is 2.25. The fraction of sp³-hybridized carbons (Fsp3) is 0.0435. The number of imidazole rings is 1. The summed E-state index contributed by atoms with van der Waals surface area (Å²) in [5, 5.41) is 0.888. The molecule has 0 bridgehead atoms. The third-order valence-corrected chi connectivity index (χ3v) is 4.66. The van der Waals surface area contributed by atoms with Gasteiger partial charge in [0.15, 0.2) is 0 Å². The lowest BCUT2D eigenvalue weighted by Crippen LogP contribution is -2.06. The lowest BCUT2D eigenvalue weighted by molar-refractivity contribution is 0.414. The van der Waals surface area contributed by atoms with Crippen LogP contribution in [-0.2, 0) is 0 Å². The number of benzene rings is 3. The summed E-state index contributed by atoms with van der Waals surface area (Å²) in [6.45, 7) is 0. The van der Waals surface area contributed by atoms with Crippen LogP contribution in [0.15, 0.2) is 82.2 Å². The highest BCUT2D eigenvalue weighted by Gasteiger charge is 2.12. The molecule has 5 rings (SSSR count). The van der Waals surface area contributed by atoms with Crippen molar-refractivity contribution in [1.82, 2.24) is 9.97 Å². The summed E-state index contributed by atoms with van der Waals surface area (Å²) in [4.78, 5) is 12.6. The fourth-order valence-corrected chi connectivity index (χ4v) is 3.19. The zero-order valence-corrected chi connectivity index (χ0v) is 15.5. The number of aromatic amines is 1. The second kappa shape index (κ2) is 6.91. The number of aromatic nitrogens is 2. The van der Waals surface area contributed by atoms with Crippen LogP contribution in [0.4, 0.5) is 10.1 Å². The lowest BCUT2D eigenvalue weighted by atomic mass is 10.1. The molecule has 0 atom stereocenters. The zero-order valence-electron chi connectivity index (χ0n) is 15.5. The molecular weight excluding hydrogens is 369 g/mol. The minimum atomic E-state index is -0.318. The molecule has 6 heteroatoms. The molecular formula is C23H16FN3O2. The fourth-order valence-electron chi connectivity index (χ4n) is 3.19. The highest BCUT2D eigenvalue weighted by molar-refractivity contribution is 5.84. The molecule has 2 aromatic heterocycles. The van der Waals surface area contributed by atoms with Gasteiger partial charge in [-0.25, -0.2) is 14.4 Å². The van der Waals surface area contributed by atoms with Gasteiger partial charge in [0.2, 0.25) is 5.55 Å². The van der Waals surface area contributed by atoms with Gasteiger partial charge in [0.25, 0.3) is 0 Å². The number of nitrogens with zero attached hydrogens (tertiary/aromatic N) is 2. The average molecular weight is 385 g/mol. The van der Waals surface area contributed by atoms with Crippen molar-refractivity contribution < 1.29 is 13.5 Å². The molecule has 0 unspecified atom stereocenters. The molecule has 0 aliphatic carbocycles. The number of fused-ring (bicyclic) bond motifs is 2. The molecule has 0 amide bonds. The van der Waals surface area contributed by atoms with E-state index in [1.54, 1.807) is 25.3 Å². The van der Waals surface area contributed by atoms with Gasteiger partial charge >= 0.3 is 0 Å². The Balaban J connectivity index is 1.79. The van der Waals surface area contributed by atoms with Crippen molar-refractivity contribution >= 4 is 27.7 Å². The minimum absolute atomic E-state index is 0.318. The molecule has 0 saturated carbocycles. The smallest absolute Gasteiger partial charge is 0.230 e. The Labute approximate surface area is 165 Å². The van der Waals surface area contributed by atoms with E-state index in [9.17, 15) is 4.39 Å². The number of rotatable bonds is 3.